The molecule has 2 aliphatic rings. The Morgan fingerprint density at radius 2 is 2.22 bits per heavy atom. The standard InChI is InChI=1S/C14H27N3O/c1-2-3-8-16-14(18)11-17(13-6-7-13)10-12-5-4-9-15-12/h12-13,15H,2-11H2,1H3,(H,16,18). The number of unbranched alkanes of at least 4 members (excludes halogenated alkanes) is 1. The van der Waals surface area contributed by atoms with Crippen molar-refractivity contribution in [3.05, 3.63) is 0 Å². The van der Waals surface area contributed by atoms with Gasteiger partial charge in [0.2, 0.25) is 5.91 Å². The second kappa shape index (κ2) is 7.10. The third-order valence-electron chi connectivity index (χ3n) is 3.88. The van der Waals surface area contributed by atoms with Gasteiger partial charge in [0.05, 0.1) is 6.54 Å². The van der Waals surface area contributed by atoms with Crippen LogP contribution in [-0.4, -0.2) is 49.1 Å². The molecule has 1 saturated heterocycles. The summed E-state index contributed by atoms with van der Waals surface area (Å²) in [6, 6.07) is 1.28. The number of hydrogen-bond donors (Lipinski definition) is 2. The molecule has 0 aromatic rings. The Bertz CT molecular complexity index is 260. The van der Waals surface area contributed by atoms with Crippen molar-refractivity contribution in [3.8, 4) is 0 Å². The first-order chi connectivity index (χ1) is 8.79. The van der Waals surface area contributed by atoms with Gasteiger partial charge in [0.25, 0.3) is 0 Å². The van der Waals surface area contributed by atoms with Crippen molar-refractivity contribution in [1.82, 2.24) is 15.5 Å². The van der Waals surface area contributed by atoms with E-state index in [9.17, 15) is 4.79 Å². The lowest BCUT2D eigenvalue weighted by atomic mass is 10.2. The largest absolute Gasteiger partial charge is 0.355 e. The number of amides is 1. The Morgan fingerprint density at radius 3 is 2.83 bits per heavy atom. The summed E-state index contributed by atoms with van der Waals surface area (Å²) in [5, 5.41) is 6.54. The molecule has 2 rings (SSSR count). The van der Waals surface area contributed by atoms with Gasteiger partial charge in [-0.05, 0) is 38.6 Å². The number of hydrogen-bond acceptors (Lipinski definition) is 3. The first kappa shape index (κ1) is 13.8. The van der Waals surface area contributed by atoms with Crippen LogP contribution in [0.25, 0.3) is 0 Å². The molecule has 1 saturated carbocycles. The number of carbonyl (C=O) groups is 1. The van der Waals surface area contributed by atoms with Gasteiger partial charge in [0, 0.05) is 25.2 Å². The molecule has 18 heavy (non-hydrogen) atoms. The molecule has 2 fully saturated rings. The summed E-state index contributed by atoms with van der Waals surface area (Å²) in [7, 11) is 0. The average Bonchev–Trinajstić information content (AvgIpc) is 3.08. The Morgan fingerprint density at radius 1 is 1.39 bits per heavy atom. The van der Waals surface area contributed by atoms with E-state index in [0.29, 0.717) is 18.6 Å². The van der Waals surface area contributed by atoms with Crippen LogP contribution in [0.2, 0.25) is 0 Å². The Kier molecular flexibility index (Phi) is 5.45. The van der Waals surface area contributed by atoms with Gasteiger partial charge in [-0.3, -0.25) is 9.69 Å². The van der Waals surface area contributed by atoms with Crippen LogP contribution in [-0.2, 0) is 4.79 Å². The number of nitrogens with zero attached hydrogens (tertiary/aromatic N) is 1. The molecule has 4 heteroatoms. The fourth-order valence-electron chi connectivity index (χ4n) is 2.62. The molecule has 0 aromatic carbocycles. The zero-order chi connectivity index (χ0) is 12.8. The highest BCUT2D eigenvalue weighted by Gasteiger charge is 2.32. The smallest absolute Gasteiger partial charge is 0.234 e. The first-order valence-corrected chi connectivity index (χ1v) is 7.53. The Hall–Kier alpha value is -0.610. The molecule has 104 valence electrons. The van der Waals surface area contributed by atoms with Crippen molar-refractivity contribution in [1.29, 1.82) is 0 Å². The summed E-state index contributed by atoms with van der Waals surface area (Å²) in [5.41, 5.74) is 0. The van der Waals surface area contributed by atoms with E-state index in [1.807, 2.05) is 0 Å². The summed E-state index contributed by atoms with van der Waals surface area (Å²) in [6.45, 7) is 5.76. The molecule has 0 radical (unpaired) electrons. The summed E-state index contributed by atoms with van der Waals surface area (Å²) in [6.07, 6.45) is 7.31. The van der Waals surface area contributed by atoms with E-state index in [-0.39, 0.29) is 5.91 Å². The molecule has 1 atom stereocenters. The van der Waals surface area contributed by atoms with Gasteiger partial charge in [-0.15, -0.1) is 0 Å². The quantitative estimate of drug-likeness (QED) is 0.637. The van der Waals surface area contributed by atoms with E-state index >= 15 is 0 Å². The summed E-state index contributed by atoms with van der Waals surface area (Å²) in [4.78, 5) is 14.2. The molecule has 0 spiro atoms. The molecule has 0 bridgehead atoms. The van der Waals surface area contributed by atoms with Gasteiger partial charge >= 0.3 is 0 Å². The monoisotopic (exact) mass is 253 g/mol. The lowest BCUT2D eigenvalue weighted by Crippen LogP contribution is -2.44. The van der Waals surface area contributed by atoms with Crippen molar-refractivity contribution in [2.45, 2.75) is 57.5 Å². The molecule has 2 N–H and O–H groups in total. The zero-order valence-electron chi connectivity index (χ0n) is 11.6. The zero-order valence-corrected chi connectivity index (χ0v) is 11.6. The minimum atomic E-state index is 0.202. The highest BCUT2D eigenvalue weighted by Crippen LogP contribution is 2.27. The molecule has 1 unspecified atom stereocenters. The molecular formula is C14H27N3O. The summed E-state index contributed by atoms with van der Waals surface area (Å²) < 4.78 is 0. The third-order valence-corrected chi connectivity index (χ3v) is 3.88. The second-order valence-corrected chi connectivity index (χ2v) is 5.66. The van der Waals surface area contributed by atoms with Crippen LogP contribution >= 0.6 is 0 Å². The molecule has 1 aliphatic carbocycles. The van der Waals surface area contributed by atoms with E-state index in [4.69, 9.17) is 0 Å². The molecule has 0 aromatic heterocycles. The SMILES string of the molecule is CCCCNC(=O)CN(CC1CCCN1)C1CC1. The minimum Gasteiger partial charge on any atom is -0.355 e. The first-order valence-electron chi connectivity index (χ1n) is 7.53. The maximum absolute atomic E-state index is 11.9. The topological polar surface area (TPSA) is 44.4 Å². The molecule has 1 amide bonds. The van der Waals surface area contributed by atoms with Gasteiger partial charge < -0.3 is 10.6 Å². The van der Waals surface area contributed by atoms with Gasteiger partial charge in [-0.1, -0.05) is 13.3 Å². The van der Waals surface area contributed by atoms with Crippen LogP contribution in [0, 0.1) is 0 Å². The van der Waals surface area contributed by atoms with Crippen molar-refractivity contribution in [2.75, 3.05) is 26.2 Å². The van der Waals surface area contributed by atoms with E-state index in [2.05, 4.69) is 22.5 Å². The van der Waals surface area contributed by atoms with Gasteiger partial charge in [0.1, 0.15) is 0 Å². The predicted molar refractivity (Wildman–Crippen MR) is 73.5 cm³/mol. The van der Waals surface area contributed by atoms with Crippen LogP contribution in [0.15, 0.2) is 0 Å². The van der Waals surface area contributed by atoms with E-state index in [1.54, 1.807) is 0 Å². The van der Waals surface area contributed by atoms with Crippen molar-refractivity contribution in [2.24, 2.45) is 0 Å². The lowest BCUT2D eigenvalue weighted by Gasteiger charge is -2.24. The molecule has 1 aliphatic heterocycles. The van der Waals surface area contributed by atoms with E-state index in [0.717, 1.165) is 32.5 Å². The third kappa shape index (κ3) is 4.58. The van der Waals surface area contributed by atoms with Crippen LogP contribution in [0.1, 0.15) is 45.4 Å². The van der Waals surface area contributed by atoms with Crippen molar-refractivity contribution >= 4 is 5.91 Å². The fraction of sp³-hybridized carbons (Fsp3) is 0.929. The second-order valence-electron chi connectivity index (χ2n) is 5.66. The highest BCUT2D eigenvalue weighted by atomic mass is 16.2. The maximum Gasteiger partial charge on any atom is 0.234 e. The van der Waals surface area contributed by atoms with Gasteiger partial charge in [0.15, 0.2) is 0 Å². The van der Waals surface area contributed by atoms with Crippen LogP contribution in [0.4, 0.5) is 0 Å². The summed E-state index contributed by atoms with van der Waals surface area (Å²) >= 11 is 0. The maximum atomic E-state index is 11.9. The predicted octanol–water partition coefficient (Wildman–Crippen LogP) is 1.12. The number of rotatable bonds is 8. The number of nitrogens with one attached hydrogen (secondary N) is 2. The lowest BCUT2D eigenvalue weighted by molar-refractivity contribution is -0.122. The van der Waals surface area contributed by atoms with Crippen LogP contribution in [0.5, 0.6) is 0 Å². The Balaban J connectivity index is 1.69. The molecule has 4 nitrogen and oxygen atoms in total. The van der Waals surface area contributed by atoms with Gasteiger partial charge in [-0.25, -0.2) is 0 Å². The van der Waals surface area contributed by atoms with Crippen molar-refractivity contribution < 1.29 is 4.79 Å². The number of carbonyl (C=O) groups excluding carboxylic acids is 1. The molecular weight excluding hydrogens is 226 g/mol. The normalized spacial score (nSPS) is 23.6. The Labute approximate surface area is 110 Å². The summed E-state index contributed by atoms with van der Waals surface area (Å²) in [5.74, 6) is 0.202. The average molecular weight is 253 g/mol. The van der Waals surface area contributed by atoms with E-state index < -0.39 is 0 Å². The van der Waals surface area contributed by atoms with Crippen LogP contribution < -0.4 is 10.6 Å². The van der Waals surface area contributed by atoms with Crippen LogP contribution in [0.3, 0.4) is 0 Å². The fourth-order valence-corrected chi connectivity index (χ4v) is 2.62. The molecule has 1 heterocycles. The van der Waals surface area contributed by atoms with Crippen molar-refractivity contribution in [3.63, 3.8) is 0 Å². The van der Waals surface area contributed by atoms with Gasteiger partial charge in [-0.2, -0.15) is 0 Å². The highest BCUT2D eigenvalue weighted by molar-refractivity contribution is 5.78. The minimum absolute atomic E-state index is 0.202. The van der Waals surface area contributed by atoms with E-state index in [1.165, 1.54) is 25.7 Å².